The Hall–Kier alpha value is -2.24. The molecule has 0 fully saturated rings. The summed E-state index contributed by atoms with van der Waals surface area (Å²) in [6.45, 7) is 0.159. The summed E-state index contributed by atoms with van der Waals surface area (Å²) in [5.74, 6) is 0.785. The minimum atomic E-state index is -0.368. The molecule has 1 heterocycles. The lowest BCUT2D eigenvalue weighted by Gasteiger charge is -2.02. The molecule has 0 saturated carbocycles. The van der Waals surface area contributed by atoms with Gasteiger partial charge in [0.25, 0.3) is 5.91 Å². The monoisotopic (exact) mass is 336 g/mol. The molecule has 0 radical (unpaired) electrons. The predicted molar refractivity (Wildman–Crippen MR) is 84.1 cm³/mol. The van der Waals surface area contributed by atoms with Crippen molar-refractivity contribution in [3.05, 3.63) is 57.6 Å². The fourth-order valence-electron chi connectivity index (χ4n) is 1.88. The van der Waals surface area contributed by atoms with Gasteiger partial charge in [-0.1, -0.05) is 35.3 Å². The van der Waals surface area contributed by atoms with Gasteiger partial charge in [-0.15, -0.1) is 0 Å². The van der Waals surface area contributed by atoms with Crippen LogP contribution in [0.25, 0.3) is 0 Å². The van der Waals surface area contributed by atoms with Crippen molar-refractivity contribution in [1.82, 2.24) is 5.43 Å². The van der Waals surface area contributed by atoms with Gasteiger partial charge in [0.05, 0.1) is 16.3 Å². The highest BCUT2D eigenvalue weighted by Gasteiger charge is 2.15. The van der Waals surface area contributed by atoms with Crippen molar-refractivity contribution in [3.8, 4) is 11.5 Å². The molecule has 2 aromatic carbocycles. The average Bonchev–Trinajstić information content (AvgIpc) is 2.98. The van der Waals surface area contributed by atoms with Gasteiger partial charge in [0, 0.05) is 11.1 Å². The van der Waals surface area contributed by atoms with Crippen LogP contribution in [0.4, 0.5) is 0 Å². The number of fused-ring (bicyclic) bond motifs is 1. The van der Waals surface area contributed by atoms with Crippen LogP contribution in [-0.4, -0.2) is 18.9 Å². The SMILES string of the molecule is O=C(N/N=C/c1cccc(Cl)c1Cl)c1ccc2c(c1)OCO2. The molecule has 0 spiro atoms. The maximum atomic E-state index is 12.0. The standard InChI is InChI=1S/C15H10Cl2N2O3/c16-11-3-1-2-10(14(11)17)7-18-19-15(20)9-4-5-12-13(6-9)22-8-21-12/h1-7H,8H2,(H,19,20)/b18-7+. The summed E-state index contributed by atoms with van der Waals surface area (Å²) in [5.41, 5.74) is 3.44. The third kappa shape index (κ3) is 3.00. The average molecular weight is 337 g/mol. The van der Waals surface area contributed by atoms with Crippen molar-refractivity contribution in [2.75, 3.05) is 6.79 Å². The molecule has 0 saturated heterocycles. The Morgan fingerprint density at radius 1 is 1.18 bits per heavy atom. The van der Waals surface area contributed by atoms with E-state index in [1.807, 2.05) is 0 Å². The van der Waals surface area contributed by atoms with Gasteiger partial charge in [-0.3, -0.25) is 4.79 Å². The maximum absolute atomic E-state index is 12.0. The van der Waals surface area contributed by atoms with E-state index in [0.717, 1.165) is 0 Å². The molecule has 0 atom stereocenters. The van der Waals surface area contributed by atoms with Crippen LogP contribution in [0.1, 0.15) is 15.9 Å². The normalized spacial score (nSPS) is 12.6. The Balaban J connectivity index is 1.70. The Labute approximate surface area is 136 Å². The Bertz CT molecular complexity index is 762. The zero-order valence-electron chi connectivity index (χ0n) is 11.2. The third-order valence-corrected chi connectivity index (χ3v) is 3.82. The second-order valence-electron chi connectivity index (χ2n) is 4.41. The first-order chi connectivity index (χ1) is 10.6. The number of ether oxygens (including phenoxy) is 2. The molecule has 22 heavy (non-hydrogen) atoms. The summed E-state index contributed by atoms with van der Waals surface area (Å²) in [6, 6.07) is 10.1. The van der Waals surface area contributed by atoms with Crippen LogP contribution in [0.2, 0.25) is 10.0 Å². The molecule has 0 aliphatic carbocycles. The van der Waals surface area contributed by atoms with Gasteiger partial charge in [0.15, 0.2) is 11.5 Å². The summed E-state index contributed by atoms with van der Waals surface area (Å²) in [7, 11) is 0. The lowest BCUT2D eigenvalue weighted by Crippen LogP contribution is -2.17. The van der Waals surface area contributed by atoms with Crippen LogP contribution in [0, 0.1) is 0 Å². The summed E-state index contributed by atoms with van der Waals surface area (Å²) in [6.07, 6.45) is 1.43. The van der Waals surface area contributed by atoms with Crippen molar-refractivity contribution in [2.45, 2.75) is 0 Å². The van der Waals surface area contributed by atoms with Crippen molar-refractivity contribution < 1.29 is 14.3 Å². The van der Waals surface area contributed by atoms with E-state index in [9.17, 15) is 4.79 Å². The minimum absolute atomic E-state index is 0.159. The number of nitrogens with one attached hydrogen (secondary N) is 1. The van der Waals surface area contributed by atoms with Gasteiger partial charge >= 0.3 is 0 Å². The first-order valence-corrected chi connectivity index (χ1v) is 7.08. The van der Waals surface area contributed by atoms with Crippen LogP contribution < -0.4 is 14.9 Å². The summed E-state index contributed by atoms with van der Waals surface area (Å²) in [5, 5.41) is 4.68. The number of benzene rings is 2. The number of nitrogens with zero attached hydrogens (tertiary/aromatic N) is 1. The summed E-state index contributed by atoms with van der Waals surface area (Å²) in [4.78, 5) is 12.0. The van der Waals surface area contributed by atoms with E-state index < -0.39 is 0 Å². The summed E-state index contributed by atoms with van der Waals surface area (Å²) < 4.78 is 10.4. The van der Waals surface area contributed by atoms with Crippen molar-refractivity contribution in [1.29, 1.82) is 0 Å². The van der Waals surface area contributed by atoms with Gasteiger partial charge in [0.2, 0.25) is 6.79 Å². The van der Waals surface area contributed by atoms with Crippen LogP contribution >= 0.6 is 23.2 Å². The molecule has 1 N–H and O–H groups in total. The van der Waals surface area contributed by atoms with E-state index in [2.05, 4.69) is 10.5 Å². The second-order valence-corrected chi connectivity index (χ2v) is 5.20. The molecule has 5 nitrogen and oxygen atoms in total. The Morgan fingerprint density at radius 2 is 2.00 bits per heavy atom. The zero-order chi connectivity index (χ0) is 15.5. The molecule has 1 amide bonds. The number of carbonyl (C=O) groups is 1. The van der Waals surface area contributed by atoms with Crippen molar-refractivity contribution in [3.63, 3.8) is 0 Å². The van der Waals surface area contributed by atoms with Crippen LogP contribution in [-0.2, 0) is 0 Å². The molecule has 7 heteroatoms. The van der Waals surface area contributed by atoms with Crippen LogP contribution in [0.3, 0.4) is 0 Å². The lowest BCUT2D eigenvalue weighted by atomic mass is 10.2. The largest absolute Gasteiger partial charge is 0.454 e. The smallest absolute Gasteiger partial charge is 0.271 e. The number of amides is 1. The van der Waals surface area contributed by atoms with Crippen LogP contribution in [0.15, 0.2) is 41.5 Å². The second kappa shape index (κ2) is 6.25. The number of hydrogen-bond donors (Lipinski definition) is 1. The molecular weight excluding hydrogens is 327 g/mol. The zero-order valence-corrected chi connectivity index (χ0v) is 12.7. The van der Waals surface area contributed by atoms with Crippen molar-refractivity contribution in [2.24, 2.45) is 5.10 Å². The van der Waals surface area contributed by atoms with E-state index in [1.165, 1.54) is 6.21 Å². The van der Waals surface area contributed by atoms with Gasteiger partial charge < -0.3 is 9.47 Å². The quantitative estimate of drug-likeness (QED) is 0.689. The maximum Gasteiger partial charge on any atom is 0.271 e. The number of carbonyl (C=O) groups excluding carboxylic acids is 1. The van der Waals surface area contributed by atoms with Gasteiger partial charge in [-0.25, -0.2) is 5.43 Å². The highest BCUT2D eigenvalue weighted by Crippen LogP contribution is 2.32. The molecule has 0 bridgehead atoms. The highest BCUT2D eigenvalue weighted by atomic mass is 35.5. The van der Waals surface area contributed by atoms with E-state index in [1.54, 1.807) is 36.4 Å². The Morgan fingerprint density at radius 3 is 2.86 bits per heavy atom. The van der Waals surface area contributed by atoms with Gasteiger partial charge in [-0.05, 0) is 24.3 Å². The molecule has 1 aliphatic rings. The Kier molecular flexibility index (Phi) is 4.18. The predicted octanol–water partition coefficient (Wildman–Crippen LogP) is 3.49. The molecule has 0 unspecified atom stereocenters. The van der Waals surface area contributed by atoms with Gasteiger partial charge in [0.1, 0.15) is 0 Å². The van der Waals surface area contributed by atoms with Gasteiger partial charge in [-0.2, -0.15) is 5.10 Å². The van der Waals surface area contributed by atoms with E-state index >= 15 is 0 Å². The minimum Gasteiger partial charge on any atom is -0.454 e. The van der Waals surface area contributed by atoms with E-state index in [0.29, 0.717) is 32.7 Å². The number of hydrazone groups is 1. The number of halogens is 2. The molecule has 3 rings (SSSR count). The fraction of sp³-hybridized carbons (Fsp3) is 0.0667. The molecule has 1 aliphatic heterocycles. The molecular formula is C15H10Cl2N2O3. The summed E-state index contributed by atoms with van der Waals surface area (Å²) >= 11 is 11.9. The topological polar surface area (TPSA) is 59.9 Å². The first-order valence-electron chi connectivity index (χ1n) is 6.32. The van der Waals surface area contributed by atoms with Crippen molar-refractivity contribution >= 4 is 35.3 Å². The first kappa shape index (κ1) is 14.7. The number of hydrogen-bond acceptors (Lipinski definition) is 4. The number of rotatable bonds is 3. The molecule has 112 valence electrons. The molecule has 2 aromatic rings. The third-order valence-electron chi connectivity index (χ3n) is 2.99. The fourth-order valence-corrected chi connectivity index (χ4v) is 2.24. The molecule has 0 aromatic heterocycles. The lowest BCUT2D eigenvalue weighted by molar-refractivity contribution is 0.0954. The van der Waals surface area contributed by atoms with E-state index in [4.69, 9.17) is 32.7 Å². The van der Waals surface area contributed by atoms with E-state index in [-0.39, 0.29) is 12.7 Å². The van der Waals surface area contributed by atoms with Crippen LogP contribution in [0.5, 0.6) is 11.5 Å². The highest BCUT2D eigenvalue weighted by molar-refractivity contribution is 6.43.